The Balaban J connectivity index is 1.56. The van der Waals surface area contributed by atoms with Crippen LogP contribution in [0.3, 0.4) is 0 Å². The molecule has 1 aromatic rings. The molecule has 128 valence electrons. The van der Waals surface area contributed by atoms with Gasteiger partial charge in [0.05, 0.1) is 25.2 Å². The van der Waals surface area contributed by atoms with Gasteiger partial charge >= 0.3 is 0 Å². The third-order valence-electron chi connectivity index (χ3n) is 8.16. The van der Waals surface area contributed by atoms with E-state index in [1.807, 2.05) is 0 Å². The van der Waals surface area contributed by atoms with Gasteiger partial charge in [-0.15, -0.1) is 0 Å². The van der Waals surface area contributed by atoms with Gasteiger partial charge in [-0.05, 0) is 48.6 Å². The first kappa shape index (κ1) is 13.4. The van der Waals surface area contributed by atoms with Crippen LogP contribution in [-0.2, 0) is 14.9 Å². The van der Waals surface area contributed by atoms with Crippen LogP contribution in [-0.4, -0.2) is 42.1 Å². The van der Waals surface area contributed by atoms with Crippen molar-refractivity contribution in [2.75, 3.05) is 18.1 Å². The maximum Gasteiger partial charge on any atom is 0.229 e. The fourth-order valence-corrected chi connectivity index (χ4v) is 7.46. The molecule has 1 spiro atoms. The lowest BCUT2D eigenvalue weighted by Gasteiger charge is -2.57. The Labute approximate surface area is 147 Å². The maximum atomic E-state index is 13.2. The number of para-hydroxylation sites is 1. The maximum absolute atomic E-state index is 13.2. The molecule has 3 saturated heterocycles. The van der Waals surface area contributed by atoms with Crippen LogP contribution >= 0.6 is 0 Å². The van der Waals surface area contributed by atoms with Gasteiger partial charge in [-0.1, -0.05) is 18.2 Å². The average Bonchev–Trinajstić information content (AvgIpc) is 3.10. The minimum atomic E-state index is 0.113. The Morgan fingerprint density at radius 3 is 3.12 bits per heavy atom. The molecule has 1 aliphatic carbocycles. The predicted molar refractivity (Wildman–Crippen MR) is 93.2 cm³/mol. The molecule has 6 atom stereocenters. The molecule has 2 bridgehead atoms. The molecule has 4 nitrogen and oxygen atoms in total. The van der Waals surface area contributed by atoms with Crippen molar-refractivity contribution in [3.05, 3.63) is 41.6 Å². The van der Waals surface area contributed by atoms with Crippen LogP contribution in [0.4, 0.5) is 5.69 Å². The third-order valence-corrected chi connectivity index (χ3v) is 8.16. The fraction of sp³-hybridized carbons (Fsp3) is 0.571. The van der Waals surface area contributed by atoms with E-state index in [-0.39, 0.29) is 17.4 Å². The Morgan fingerprint density at radius 1 is 1.24 bits per heavy atom. The first-order valence-corrected chi connectivity index (χ1v) is 9.78. The number of hydrogen-bond donors (Lipinski definition) is 0. The monoisotopic (exact) mass is 334 g/mol. The van der Waals surface area contributed by atoms with Gasteiger partial charge in [-0.2, -0.15) is 0 Å². The molecule has 0 unspecified atom stereocenters. The van der Waals surface area contributed by atoms with E-state index in [0.29, 0.717) is 30.3 Å². The summed E-state index contributed by atoms with van der Waals surface area (Å²) in [6.45, 7) is 1.91. The molecule has 25 heavy (non-hydrogen) atoms. The summed E-state index contributed by atoms with van der Waals surface area (Å²) in [6.07, 6.45) is 6.62. The number of carbonyl (C=O) groups is 1. The zero-order valence-electron chi connectivity index (χ0n) is 14.2. The Morgan fingerprint density at radius 2 is 2.16 bits per heavy atom. The summed E-state index contributed by atoms with van der Waals surface area (Å²) in [5.74, 6) is 1.35. The first-order valence-electron chi connectivity index (χ1n) is 9.78. The van der Waals surface area contributed by atoms with Gasteiger partial charge < -0.3 is 14.5 Å². The topological polar surface area (TPSA) is 32.8 Å². The number of rotatable bonds is 0. The van der Waals surface area contributed by atoms with E-state index >= 15 is 0 Å². The molecule has 1 amide bonds. The van der Waals surface area contributed by atoms with Crippen molar-refractivity contribution in [1.82, 2.24) is 4.90 Å². The standard InChI is InChI=1S/C21H22N2O2/c24-18-10-16-19-13-9-17-21(6-7-22(17)11-12(13)5-8-25-16)14-3-1-2-4-15(14)23(18)20(19)21/h1-4,11,13,16-17,19-20H,5-10H2/t13-,16-,17-,19-,20-,21-/m0/s1. The van der Waals surface area contributed by atoms with Crippen LogP contribution in [0.15, 0.2) is 36.0 Å². The van der Waals surface area contributed by atoms with Crippen molar-refractivity contribution in [1.29, 1.82) is 0 Å². The quantitative estimate of drug-likeness (QED) is 0.731. The van der Waals surface area contributed by atoms with Gasteiger partial charge in [0.2, 0.25) is 5.91 Å². The highest BCUT2D eigenvalue weighted by molar-refractivity contribution is 5.99. The lowest BCUT2D eigenvalue weighted by Crippen LogP contribution is -2.68. The van der Waals surface area contributed by atoms with Crippen molar-refractivity contribution in [2.45, 2.75) is 49.3 Å². The number of amides is 1. The molecular weight excluding hydrogens is 312 g/mol. The van der Waals surface area contributed by atoms with Gasteiger partial charge in [0.15, 0.2) is 0 Å². The highest BCUT2D eigenvalue weighted by Gasteiger charge is 2.70. The highest BCUT2D eigenvalue weighted by atomic mass is 16.5. The van der Waals surface area contributed by atoms with Crippen molar-refractivity contribution < 1.29 is 9.53 Å². The summed E-state index contributed by atoms with van der Waals surface area (Å²) in [7, 11) is 0. The van der Waals surface area contributed by atoms with Crippen molar-refractivity contribution >= 4 is 11.6 Å². The Bertz CT molecular complexity index is 848. The van der Waals surface area contributed by atoms with Gasteiger partial charge in [0.25, 0.3) is 0 Å². The van der Waals surface area contributed by atoms with Crippen molar-refractivity contribution in [3.8, 4) is 0 Å². The molecule has 7 rings (SSSR count). The molecule has 0 aromatic heterocycles. The molecule has 0 N–H and O–H groups in total. The van der Waals surface area contributed by atoms with Crippen LogP contribution in [0.25, 0.3) is 0 Å². The number of carbonyl (C=O) groups excluding carboxylic acids is 1. The number of anilines is 1. The van der Waals surface area contributed by atoms with Crippen molar-refractivity contribution in [3.63, 3.8) is 0 Å². The number of ether oxygens (including phenoxy) is 1. The van der Waals surface area contributed by atoms with Crippen LogP contribution in [0.1, 0.15) is 31.2 Å². The zero-order chi connectivity index (χ0) is 16.3. The third kappa shape index (κ3) is 1.31. The minimum absolute atomic E-state index is 0.113. The number of fused-ring (bicyclic) bond motifs is 2. The molecule has 4 fully saturated rings. The SMILES string of the molecule is O=C1C[C@@H]2OCCC3=CN4CC[C@@]56c7ccccc7N1[C@H]5[C@H]2[C@H]3C[C@H]46. The van der Waals surface area contributed by atoms with E-state index in [4.69, 9.17) is 4.74 Å². The molecule has 5 aliphatic heterocycles. The molecule has 5 heterocycles. The van der Waals surface area contributed by atoms with E-state index in [9.17, 15) is 4.79 Å². The number of benzene rings is 1. The molecule has 0 radical (unpaired) electrons. The smallest absolute Gasteiger partial charge is 0.229 e. The lowest BCUT2D eigenvalue weighted by atomic mass is 9.54. The summed E-state index contributed by atoms with van der Waals surface area (Å²) in [6, 6.07) is 9.59. The fourth-order valence-electron chi connectivity index (χ4n) is 7.46. The second-order valence-corrected chi connectivity index (χ2v) is 8.76. The number of hydrogen-bond acceptors (Lipinski definition) is 3. The van der Waals surface area contributed by atoms with E-state index < -0.39 is 0 Å². The summed E-state index contributed by atoms with van der Waals surface area (Å²) in [5, 5.41) is 0. The molecule has 4 heteroatoms. The lowest BCUT2D eigenvalue weighted by molar-refractivity contribution is -0.131. The van der Waals surface area contributed by atoms with Crippen molar-refractivity contribution in [2.24, 2.45) is 11.8 Å². The zero-order valence-corrected chi connectivity index (χ0v) is 14.2. The van der Waals surface area contributed by atoms with Crippen LogP contribution in [0.5, 0.6) is 0 Å². The van der Waals surface area contributed by atoms with Gasteiger partial charge in [-0.3, -0.25) is 4.79 Å². The highest BCUT2D eigenvalue weighted by Crippen LogP contribution is 2.65. The van der Waals surface area contributed by atoms with Crippen LogP contribution in [0, 0.1) is 11.8 Å². The van der Waals surface area contributed by atoms with Gasteiger partial charge in [-0.25, -0.2) is 0 Å². The largest absolute Gasteiger partial charge is 0.377 e. The summed E-state index contributed by atoms with van der Waals surface area (Å²) in [5.41, 5.74) is 4.32. The number of nitrogens with zero attached hydrogens (tertiary/aromatic N) is 2. The molecular formula is C21H22N2O2. The second-order valence-electron chi connectivity index (χ2n) is 8.76. The van der Waals surface area contributed by atoms with Crippen LogP contribution < -0.4 is 4.90 Å². The van der Waals surface area contributed by atoms with E-state index in [1.54, 1.807) is 5.57 Å². The molecule has 1 aromatic carbocycles. The van der Waals surface area contributed by atoms with E-state index in [1.165, 1.54) is 24.1 Å². The predicted octanol–water partition coefficient (Wildman–Crippen LogP) is 2.44. The Kier molecular flexibility index (Phi) is 2.21. The van der Waals surface area contributed by atoms with E-state index in [2.05, 4.69) is 40.3 Å². The summed E-state index contributed by atoms with van der Waals surface area (Å²) >= 11 is 0. The van der Waals surface area contributed by atoms with Crippen LogP contribution in [0.2, 0.25) is 0 Å². The van der Waals surface area contributed by atoms with Gasteiger partial charge in [0.1, 0.15) is 0 Å². The Hall–Kier alpha value is -1.81. The average molecular weight is 334 g/mol. The first-order chi connectivity index (χ1) is 12.3. The van der Waals surface area contributed by atoms with Gasteiger partial charge in [0, 0.05) is 29.6 Å². The molecule has 6 aliphatic rings. The summed E-state index contributed by atoms with van der Waals surface area (Å²) < 4.78 is 6.29. The second kappa shape index (κ2) is 4.12. The minimum Gasteiger partial charge on any atom is -0.377 e. The normalized spacial score (nSPS) is 45.2. The molecule has 1 saturated carbocycles. The number of piperidine rings is 1. The van der Waals surface area contributed by atoms with E-state index in [0.717, 1.165) is 19.6 Å². The summed E-state index contributed by atoms with van der Waals surface area (Å²) in [4.78, 5) is 18.0.